The first-order valence-electron chi connectivity index (χ1n) is 11.1. The summed E-state index contributed by atoms with van der Waals surface area (Å²) < 4.78 is 11.7. The van der Waals surface area contributed by atoms with Crippen molar-refractivity contribution in [3.05, 3.63) is 64.2 Å². The van der Waals surface area contributed by atoms with Gasteiger partial charge in [-0.2, -0.15) is 0 Å². The maximum absolute atomic E-state index is 12.8. The Balaban J connectivity index is 1.69. The lowest BCUT2D eigenvalue weighted by Crippen LogP contribution is -2.47. The predicted molar refractivity (Wildman–Crippen MR) is 142 cm³/mol. The molecule has 7 nitrogen and oxygen atoms in total. The second kappa shape index (κ2) is 11.9. The van der Waals surface area contributed by atoms with E-state index in [-0.39, 0.29) is 18.1 Å². The monoisotopic (exact) mass is 597 g/mol. The zero-order valence-electron chi connectivity index (χ0n) is 19.6. The second-order valence-corrected chi connectivity index (χ2v) is 10.7. The summed E-state index contributed by atoms with van der Waals surface area (Å²) in [5.74, 6) is 0.464. The third-order valence-corrected chi connectivity index (χ3v) is 6.40. The molecule has 3 rings (SSSR count). The Labute approximate surface area is 218 Å². The van der Waals surface area contributed by atoms with Gasteiger partial charge in [0.05, 0.1) is 17.2 Å². The summed E-state index contributed by atoms with van der Waals surface area (Å²) in [5, 5.41) is 5.76. The number of aliphatic imine (C=N–C) groups is 1. The van der Waals surface area contributed by atoms with Crippen molar-refractivity contribution in [1.29, 1.82) is 0 Å². The molecule has 2 N–H and O–H groups in total. The average Bonchev–Trinajstić information content (AvgIpc) is 3.30. The van der Waals surface area contributed by atoms with Crippen LogP contribution in [0.5, 0.6) is 5.75 Å². The van der Waals surface area contributed by atoms with E-state index in [1.54, 1.807) is 19.2 Å². The topological polar surface area (TPSA) is 89.0 Å². The van der Waals surface area contributed by atoms with Gasteiger partial charge in [0, 0.05) is 28.5 Å². The number of likely N-dealkylation sites (N-methyl/N-ethyl adjacent to an activating group) is 1. The maximum atomic E-state index is 12.8. The summed E-state index contributed by atoms with van der Waals surface area (Å²) in [6.07, 6.45) is 0.291. The number of carbonyl (C=O) groups is 2. The molecule has 3 atom stereocenters. The average molecular weight is 598 g/mol. The zero-order valence-corrected chi connectivity index (χ0v) is 22.5. The van der Waals surface area contributed by atoms with E-state index in [9.17, 15) is 9.59 Å². The van der Waals surface area contributed by atoms with Crippen molar-refractivity contribution in [1.82, 2.24) is 10.6 Å². The fourth-order valence-corrected chi connectivity index (χ4v) is 4.01. The standard InChI is InChI=1S/C25H29ClIN3O4/c1-14(2)34-22-10-9-18(12-19(22)26)23(31)29-20(24(32)28-4)11-16-5-7-17(8-6-16)25-30-21(13-33-25)15(3)27/h5-10,12,14-15,20-21H,11,13H2,1-4H3,(H,28,32)(H,29,31). The third kappa shape index (κ3) is 6.85. The fourth-order valence-electron chi connectivity index (χ4n) is 3.42. The van der Waals surface area contributed by atoms with Gasteiger partial charge in [0.15, 0.2) is 0 Å². The van der Waals surface area contributed by atoms with Crippen molar-refractivity contribution < 1.29 is 19.1 Å². The molecule has 34 heavy (non-hydrogen) atoms. The van der Waals surface area contributed by atoms with Crippen molar-refractivity contribution in [2.45, 2.75) is 49.3 Å². The largest absolute Gasteiger partial charge is 0.489 e. The van der Waals surface area contributed by atoms with E-state index >= 15 is 0 Å². The van der Waals surface area contributed by atoms with Crippen LogP contribution < -0.4 is 15.4 Å². The molecule has 0 aromatic heterocycles. The molecular weight excluding hydrogens is 569 g/mol. The number of hydrogen-bond donors (Lipinski definition) is 2. The number of hydrogen-bond acceptors (Lipinski definition) is 5. The number of rotatable bonds is 9. The van der Waals surface area contributed by atoms with Gasteiger partial charge in [0.1, 0.15) is 18.4 Å². The van der Waals surface area contributed by atoms with E-state index in [2.05, 4.69) is 45.1 Å². The molecule has 0 saturated heterocycles. The molecular formula is C25H29ClIN3O4. The lowest BCUT2D eigenvalue weighted by molar-refractivity contribution is -0.122. The SMILES string of the molecule is CNC(=O)C(Cc1ccc(C2=NC(C(C)I)CO2)cc1)NC(=O)c1ccc(OC(C)C)c(Cl)c1. The fraction of sp³-hybridized carbons (Fsp3) is 0.400. The highest BCUT2D eigenvalue weighted by Crippen LogP contribution is 2.26. The number of nitrogens with one attached hydrogen (secondary N) is 2. The van der Waals surface area contributed by atoms with E-state index < -0.39 is 11.9 Å². The van der Waals surface area contributed by atoms with Crippen LogP contribution in [0.4, 0.5) is 0 Å². The molecule has 1 heterocycles. The van der Waals surface area contributed by atoms with Crippen LogP contribution in [-0.2, 0) is 16.0 Å². The lowest BCUT2D eigenvalue weighted by Gasteiger charge is -2.18. The summed E-state index contributed by atoms with van der Waals surface area (Å²) in [7, 11) is 1.54. The van der Waals surface area contributed by atoms with Crippen LogP contribution in [0.25, 0.3) is 0 Å². The van der Waals surface area contributed by atoms with E-state index in [1.807, 2.05) is 38.1 Å². The van der Waals surface area contributed by atoms with Gasteiger partial charge in [0.2, 0.25) is 11.8 Å². The Morgan fingerprint density at radius 2 is 1.91 bits per heavy atom. The normalized spacial score (nSPS) is 16.9. The number of ether oxygens (including phenoxy) is 2. The summed E-state index contributed by atoms with van der Waals surface area (Å²) in [6.45, 7) is 6.49. The second-order valence-electron chi connectivity index (χ2n) is 8.34. The number of amides is 2. The maximum Gasteiger partial charge on any atom is 0.251 e. The predicted octanol–water partition coefficient (Wildman–Crippen LogP) is 4.18. The third-order valence-electron chi connectivity index (χ3n) is 5.27. The van der Waals surface area contributed by atoms with Crippen molar-refractivity contribution >= 4 is 51.9 Å². The van der Waals surface area contributed by atoms with Crippen LogP contribution in [0.2, 0.25) is 5.02 Å². The van der Waals surface area contributed by atoms with Crippen molar-refractivity contribution in [3.63, 3.8) is 0 Å². The van der Waals surface area contributed by atoms with Crippen LogP contribution in [0.1, 0.15) is 42.3 Å². The molecule has 2 aromatic rings. The molecule has 1 aliphatic heterocycles. The van der Waals surface area contributed by atoms with Gasteiger partial charge in [-0.1, -0.05) is 53.2 Å². The van der Waals surface area contributed by atoms with E-state index in [4.69, 9.17) is 21.1 Å². The van der Waals surface area contributed by atoms with E-state index in [1.165, 1.54) is 6.07 Å². The molecule has 0 saturated carbocycles. The molecule has 0 bridgehead atoms. The van der Waals surface area contributed by atoms with Crippen molar-refractivity contribution in [2.75, 3.05) is 13.7 Å². The van der Waals surface area contributed by atoms with Crippen molar-refractivity contribution in [3.8, 4) is 5.75 Å². The highest BCUT2D eigenvalue weighted by molar-refractivity contribution is 14.1. The van der Waals surface area contributed by atoms with Crippen LogP contribution in [0.15, 0.2) is 47.5 Å². The number of benzene rings is 2. The van der Waals surface area contributed by atoms with Gasteiger partial charge in [-0.05, 0) is 49.7 Å². The first-order chi connectivity index (χ1) is 16.2. The number of halogens is 2. The first kappa shape index (κ1) is 26.3. The van der Waals surface area contributed by atoms with Gasteiger partial charge in [0.25, 0.3) is 5.91 Å². The summed E-state index contributed by atoms with van der Waals surface area (Å²) in [6, 6.07) is 11.9. The molecule has 0 fully saturated rings. The van der Waals surface area contributed by atoms with E-state index in [0.717, 1.165) is 11.1 Å². The highest BCUT2D eigenvalue weighted by atomic mass is 127. The van der Waals surface area contributed by atoms with Crippen molar-refractivity contribution in [2.24, 2.45) is 4.99 Å². The zero-order chi connectivity index (χ0) is 24.8. The Kier molecular flexibility index (Phi) is 9.18. The van der Waals surface area contributed by atoms with Gasteiger partial charge in [-0.15, -0.1) is 0 Å². The summed E-state index contributed by atoms with van der Waals surface area (Å²) in [4.78, 5) is 30.0. The van der Waals surface area contributed by atoms with Crippen LogP contribution >= 0.6 is 34.2 Å². The van der Waals surface area contributed by atoms with Crippen LogP contribution in [0, 0.1) is 0 Å². The number of carbonyl (C=O) groups excluding carboxylic acids is 2. The van der Waals surface area contributed by atoms with Crippen LogP contribution in [-0.4, -0.2) is 53.5 Å². The molecule has 9 heteroatoms. The van der Waals surface area contributed by atoms with Gasteiger partial charge in [-0.25, -0.2) is 4.99 Å². The van der Waals surface area contributed by atoms with Gasteiger partial charge in [-0.3, -0.25) is 9.59 Å². The Hall–Kier alpha value is -2.33. The number of alkyl halides is 1. The Morgan fingerprint density at radius 1 is 1.21 bits per heavy atom. The highest BCUT2D eigenvalue weighted by Gasteiger charge is 2.24. The molecule has 3 unspecified atom stereocenters. The molecule has 2 aromatic carbocycles. The van der Waals surface area contributed by atoms with E-state index in [0.29, 0.717) is 39.2 Å². The van der Waals surface area contributed by atoms with Gasteiger partial charge >= 0.3 is 0 Å². The molecule has 2 amide bonds. The quantitative estimate of drug-likeness (QED) is 0.335. The smallest absolute Gasteiger partial charge is 0.251 e. The number of nitrogens with zero attached hydrogens (tertiary/aromatic N) is 1. The molecule has 182 valence electrons. The van der Waals surface area contributed by atoms with Gasteiger partial charge < -0.3 is 20.1 Å². The molecule has 0 aliphatic carbocycles. The molecule has 1 aliphatic rings. The van der Waals surface area contributed by atoms with Crippen LogP contribution in [0.3, 0.4) is 0 Å². The Bertz CT molecular complexity index is 1060. The lowest BCUT2D eigenvalue weighted by atomic mass is 10.0. The Morgan fingerprint density at radius 3 is 2.47 bits per heavy atom. The minimum Gasteiger partial charge on any atom is -0.489 e. The minimum absolute atomic E-state index is 0.0372. The summed E-state index contributed by atoms with van der Waals surface area (Å²) in [5.41, 5.74) is 2.14. The minimum atomic E-state index is -0.752. The summed E-state index contributed by atoms with van der Waals surface area (Å²) >= 11 is 8.61. The molecule has 0 spiro atoms. The molecule has 0 radical (unpaired) electrons. The first-order valence-corrected chi connectivity index (χ1v) is 12.7.